The lowest BCUT2D eigenvalue weighted by atomic mass is 10.1. The van der Waals surface area contributed by atoms with Gasteiger partial charge in [0.2, 0.25) is 10.0 Å². The van der Waals surface area contributed by atoms with Crippen molar-refractivity contribution in [1.29, 1.82) is 0 Å². The number of carbonyl (C=O) groups excluding carboxylic acids is 1. The number of aryl methyl sites for hydroxylation is 2. The molecule has 1 aromatic heterocycles. The molecule has 1 heterocycles. The first-order valence-electron chi connectivity index (χ1n) is 13.1. The van der Waals surface area contributed by atoms with E-state index in [0.717, 1.165) is 26.9 Å². The van der Waals surface area contributed by atoms with E-state index in [1.54, 1.807) is 17.0 Å². The Morgan fingerprint density at radius 2 is 1.38 bits per heavy atom. The summed E-state index contributed by atoms with van der Waals surface area (Å²) >= 11 is 1.48. The lowest BCUT2D eigenvalue weighted by Crippen LogP contribution is -2.31. The fraction of sp³-hybridized carbons (Fsp3) is 0.188. The van der Waals surface area contributed by atoms with E-state index in [4.69, 9.17) is 4.98 Å². The molecule has 8 heteroatoms. The van der Waals surface area contributed by atoms with Crippen LogP contribution in [0.25, 0.3) is 10.2 Å². The maximum Gasteiger partial charge on any atom is 0.260 e. The van der Waals surface area contributed by atoms with Crippen LogP contribution in [0.3, 0.4) is 0 Å². The molecule has 0 saturated heterocycles. The summed E-state index contributed by atoms with van der Waals surface area (Å²) in [5.74, 6) is -0.239. The zero-order valence-corrected chi connectivity index (χ0v) is 24.4. The Hall–Kier alpha value is -3.85. The van der Waals surface area contributed by atoms with E-state index in [1.165, 1.54) is 33.3 Å². The van der Waals surface area contributed by atoms with Crippen molar-refractivity contribution in [1.82, 2.24) is 9.29 Å². The molecule has 0 aliphatic rings. The number of aromatic nitrogens is 1. The third-order valence-corrected chi connectivity index (χ3v) is 9.92. The number of hydrogen-bond acceptors (Lipinski definition) is 5. The summed E-state index contributed by atoms with van der Waals surface area (Å²) < 4.78 is 29.3. The Morgan fingerprint density at radius 3 is 1.98 bits per heavy atom. The van der Waals surface area contributed by atoms with E-state index in [-0.39, 0.29) is 17.3 Å². The van der Waals surface area contributed by atoms with Crippen LogP contribution in [0.1, 0.15) is 39.5 Å². The minimum Gasteiger partial charge on any atom is -0.279 e. The number of anilines is 1. The van der Waals surface area contributed by atoms with Crippen LogP contribution >= 0.6 is 11.3 Å². The van der Waals surface area contributed by atoms with Crippen LogP contribution in [-0.4, -0.2) is 30.2 Å². The van der Waals surface area contributed by atoms with Crippen molar-refractivity contribution in [3.05, 3.63) is 125 Å². The molecule has 40 heavy (non-hydrogen) atoms. The van der Waals surface area contributed by atoms with Crippen molar-refractivity contribution in [3.63, 3.8) is 0 Å². The van der Waals surface area contributed by atoms with Gasteiger partial charge in [0, 0.05) is 18.7 Å². The van der Waals surface area contributed by atoms with Crippen LogP contribution in [0.5, 0.6) is 0 Å². The Kier molecular flexibility index (Phi) is 8.12. The van der Waals surface area contributed by atoms with Crippen molar-refractivity contribution >= 4 is 42.6 Å². The summed E-state index contributed by atoms with van der Waals surface area (Å²) in [7, 11) is -3.74. The fourth-order valence-electron chi connectivity index (χ4n) is 4.50. The summed E-state index contributed by atoms with van der Waals surface area (Å²) in [6, 6.07) is 29.6. The van der Waals surface area contributed by atoms with Crippen molar-refractivity contribution in [2.24, 2.45) is 0 Å². The van der Waals surface area contributed by atoms with Gasteiger partial charge in [-0.05, 0) is 72.5 Å². The molecular weight excluding hydrogens is 539 g/mol. The summed E-state index contributed by atoms with van der Waals surface area (Å²) in [6.45, 7) is 6.89. The number of thiazole rings is 1. The Bertz CT molecular complexity index is 1690. The molecule has 0 unspecified atom stereocenters. The number of benzene rings is 4. The average Bonchev–Trinajstić information content (AvgIpc) is 3.37. The molecule has 0 bridgehead atoms. The lowest BCUT2D eigenvalue weighted by molar-refractivity contribution is 0.0985. The number of amides is 1. The SMILES string of the molecule is CCN(Cc1ccccc1)S(=O)(=O)c1ccc(C(=O)N(Cc2ccccc2)c2nc3cc(C)c(C)cc3s2)cc1. The highest BCUT2D eigenvalue weighted by Crippen LogP contribution is 2.33. The summed E-state index contributed by atoms with van der Waals surface area (Å²) in [6.07, 6.45) is 0. The van der Waals surface area contributed by atoms with Gasteiger partial charge in [-0.3, -0.25) is 9.69 Å². The zero-order valence-electron chi connectivity index (χ0n) is 22.7. The summed E-state index contributed by atoms with van der Waals surface area (Å²) in [4.78, 5) is 20.5. The molecule has 6 nitrogen and oxygen atoms in total. The molecule has 0 radical (unpaired) electrons. The average molecular weight is 570 g/mol. The van der Waals surface area contributed by atoms with E-state index in [1.807, 2.05) is 73.7 Å². The fourth-order valence-corrected chi connectivity index (χ4v) is 6.98. The van der Waals surface area contributed by atoms with Gasteiger partial charge in [0.25, 0.3) is 5.91 Å². The van der Waals surface area contributed by atoms with Gasteiger partial charge in [-0.2, -0.15) is 4.31 Å². The highest BCUT2D eigenvalue weighted by atomic mass is 32.2. The molecule has 0 saturated carbocycles. The summed E-state index contributed by atoms with van der Waals surface area (Å²) in [5.41, 5.74) is 5.46. The van der Waals surface area contributed by atoms with Crippen LogP contribution in [0, 0.1) is 13.8 Å². The predicted molar refractivity (Wildman–Crippen MR) is 162 cm³/mol. The maximum atomic E-state index is 13.9. The Morgan fingerprint density at radius 1 is 0.800 bits per heavy atom. The third-order valence-electron chi connectivity index (χ3n) is 6.95. The molecule has 5 aromatic rings. The maximum absolute atomic E-state index is 13.9. The second-order valence-electron chi connectivity index (χ2n) is 9.72. The monoisotopic (exact) mass is 569 g/mol. The topological polar surface area (TPSA) is 70.6 Å². The molecule has 0 N–H and O–H groups in total. The van der Waals surface area contributed by atoms with E-state index in [2.05, 4.69) is 19.9 Å². The second-order valence-corrected chi connectivity index (χ2v) is 12.7. The number of sulfonamides is 1. The molecular formula is C32H31N3O3S2. The van der Waals surface area contributed by atoms with E-state index in [0.29, 0.717) is 23.8 Å². The number of carbonyl (C=O) groups is 1. The molecule has 5 rings (SSSR count). The van der Waals surface area contributed by atoms with E-state index >= 15 is 0 Å². The largest absolute Gasteiger partial charge is 0.279 e. The standard InChI is InChI=1S/C32H31N3O3S2/c1-4-34(21-25-11-7-5-8-12-25)40(37,38)28-17-15-27(16-18-28)31(36)35(22-26-13-9-6-10-14-26)32-33-29-19-23(2)24(3)20-30(29)39-32/h5-20H,4,21-22H2,1-3H3. The van der Waals surface area contributed by atoms with Gasteiger partial charge in [0.1, 0.15) is 0 Å². The van der Waals surface area contributed by atoms with E-state index < -0.39 is 10.0 Å². The van der Waals surface area contributed by atoms with Crippen molar-refractivity contribution in [3.8, 4) is 0 Å². The van der Waals surface area contributed by atoms with Crippen molar-refractivity contribution in [2.45, 2.75) is 38.8 Å². The lowest BCUT2D eigenvalue weighted by Gasteiger charge is -2.22. The molecule has 0 aliphatic heterocycles. The molecule has 4 aromatic carbocycles. The van der Waals surface area contributed by atoms with Crippen LogP contribution < -0.4 is 4.90 Å². The number of hydrogen-bond donors (Lipinski definition) is 0. The van der Waals surface area contributed by atoms with Crippen LogP contribution in [0.4, 0.5) is 5.13 Å². The summed E-state index contributed by atoms with van der Waals surface area (Å²) in [5, 5.41) is 0.602. The zero-order chi connectivity index (χ0) is 28.3. The van der Waals surface area contributed by atoms with Crippen molar-refractivity contribution in [2.75, 3.05) is 11.4 Å². The number of rotatable bonds is 9. The molecule has 0 spiro atoms. The molecule has 0 atom stereocenters. The van der Waals surface area contributed by atoms with Gasteiger partial charge in [0.05, 0.1) is 21.7 Å². The first-order chi connectivity index (χ1) is 19.3. The van der Waals surface area contributed by atoms with Crippen LogP contribution in [0.2, 0.25) is 0 Å². The van der Waals surface area contributed by atoms with E-state index in [9.17, 15) is 13.2 Å². The molecule has 0 fully saturated rings. The van der Waals surface area contributed by atoms with Gasteiger partial charge in [0.15, 0.2) is 5.13 Å². The quantitative estimate of drug-likeness (QED) is 0.192. The first kappa shape index (κ1) is 27.7. The van der Waals surface area contributed by atoms with Crippen LogP contribution in [-0.2, 0) is 23.1 Å². The Labute approximate surface area is 239 Å². The molecule has 1 amide bonds. The molecule has 204 valence electrons. The minimum atomic E-state index is -3.74. The highest BCUT2D eigenvalue weighted by Gasteiger charge is 2.26. The normalized spacial score (nSPS) is 11.7. The third kappa shape index (κ3) is 5.84. The Balaban J connectivity index is 1.45. The first-order valence-corrected chi connectivity index (χ1v) is 15.4. The van der Waals surface area contributed by atoms with Crippen molar-refractivity contribution < 1.29 is 13.2 Å². The minimum absolute atomic E-state index is 0.155. The smallest absolute Gasteiger partial charge is 0.260 e. The number of nitrogens with zero attached hydrogens (tertiary/aromatic N) is 3. The van der Waals surface area contributed by atoms with Gasteiger partial charge < -0.3 is 0 Å². The van der Waals surface area contributed by atoms with Gasteiger partial charge in [-0.1, -0.05) is 78.9 Å². The van der Waals surface area contributed by atoms with Gasteiger partial charge in [-0.15, -0.1) is 0 Å². The van der Waals surface area contributed by atoms with Crippen LogP contribution in [0.15, 0.2) is 102 Å². The predicted octanol–water partition coefficient (Wildman–Crippen LogP) is 6.97. The molecule has 0 aliphatic carbocycles. The highest BCUT2D eigenvalue weighted by molar-refractivity contribution is 7.89. The second kappa shape index (κ2) is 11.7. The van der Waals surface area contributed by atoms with Gasteiger partial charge in [-0.25, -0.2) is 13.4 Å². The number of fused-ring (bicyclic) bond motifs is 1. The van der Waals surface area contributed by atoms with Gasteiger partial charge >= 0.3 is 0 Å².